The molecule has 0 radical (unpaired) electrons. The summed E-state index contributed by atoms with van der Waals surface area (Å²) >= 11 is -1.89. The summed E-state index contributed by atoms with van der Waals surface area (Å²) in [6.07, 6.45) is 17.1. The first-order valence-corrected chi connectivity index (χ1v) is 60.4. The van der Waals surface area contributed by atoms with Crippen LogP contribution in [0, 0.1) is 0 Å². The maximum absolute atomic E-state index is 12.1. The van der Waals surface area contributed by atoms with Crippen LogP contribution in [0.2, 0.25) is 0 Å². The van der Waals surface area contributed by atoms with E-state index >= 15 is 0 Å². The average molecular weight is 2800 g/mol. The first kappa shape index (κ1) is 141. The Morgan fingerprint density at radius 2 is 0.360 bits per heavy atom. The number of rotatable bonds is 24. The number of halogens is 8. The van der Waals surface area contributed by atoms with E-state index in [-0.39, 0.29) is 0 Å². The van der Waals surface area contributed by atoms with Crippen LogP contribution in [0.15, 0.2) is 147 Å². The first-order valence-electron chi connectivity index (χ1n) is 37.9. The molecule has 0 amide bonds. The Morgan fingerprint density at radius 1 is 0.235 bits per heavy atom. The number of carboxylic acids is 8. The molecule has 8 aromatic rings. The molecule has 0 aliphatic carbocycles. The zero-order chi connectivity index (χ0) is 106. The predicted octanol–water partition coefficient (Wildman–Crippen LogP) is 17.8. The number of aromatic nitrogens is 8. The molecule has 0 saturated carbocycles. The quantitative estimate of drug-likeness (QED) is 0.0158. The third kappa shape index (κ3) is 87.8. The number of carbonyl (C=O) groups is 16. The fourth-order valence-corrected chi connectivity index (χ4v) is 7.59. The molecule has 40 nitrogen and oxygen atoms in total. The van der Waals surface area contributed by atoms with Gasteiger partial charge in [0.1, 0.15) is 0 Å². The average Bonchev–Trinajstić information content (AvgIpc) is 0.848. The van der Waals surface area contributed by atoms with Crippen LogP contribution in [0.3, 0.4) is 0 Å². The van der Waals surface area contributed by atoms with E-state index in [1.165, 1.54) is 63.8 Å². The van der Waals surface area contributed by atoms with E-state index in [4.69, 9.17) is 183 Å². The molecule has 0 atom stereocenters. The molecule has 8 aromatic heterocycles. The van der Waals surface area contributed by atoms with Gasteiger partial charge in [0.2, 0.25) is 0 Å². The second-order valence-electron chi connectivity index (χ2n) is 23.4. The number of carboxylic acid groups (broad SMARTS) is 8. The molecule has 0 bridgehead atoms. The summed E-state index contributed by atoms with van der Waals surface area (Å²) in [5.41, 5.74) is 6.99. The zero-order valence-electron chi connectivity index (χ0n) is 75.6. The van der Waals surface area contributed by atoms with E-state index in [1.54, 1.807) is 111 Å². The molecule has 0 spiro atoms. The Balaban J connectivity index is -0.000000233. The molecule has 8 rings (SSSR count). The number of carbonyl (C=O) groups excluding carboxylic acids is 8. The standard InChI is InChI=1S/C20H24N2O4.C18H20N2O4.C16H16N2O4.C14H12N2O4.8C2H4O2.8ClH.4Pt/c1-3-5-11-25-19(23)15-7-9-21-17(13-15)18-14-16(8-10-22-18)20(24)26-12-6-4-2;1-3-9-23-17(21)13-5-7-19-15(11-13)16-12-14(6-8-20-16)18(22)24-10-4-2;1-3-21-15(19)11-5-7-17-13(9-11)14-10-12(6-8-18-14)16(20)22-4-2;1-19-13(17)9-3-5-15-11(7-9)12-8-10(4-6-16-12)14(18)20-2;8*1-2(3)4;;;;;;;;;;;;/h7-10,13-14H,3-6,11-12H2,1-2H3;5-8,11-12H,3-4,9-10H2,1-2H3;5-10H,3-4H2,1-2H3;3-8H,1-2H3;8*1H3,(H,3,4);8*1H;;;;/q;;;;;;;;;;;;;;;;;;;;4*+2/p-8. The molecule has 0 fully saturated rings. The van der Waals surface area contributed by atoms with E-state index in [0.29, 0.717) is 130 Å². The molecular formula is C84H104Cl8N8O32Pt4. The van der Waals surface area contributed by atoms with Crippen molar-refractivity contribution in [3.05, 3.63) is 191 Å². The number of hydrogen-bond donors (Lipinski definition) is 8. The summed E-state index contributed by atoms with van der Waals surface area (Å²) in [5, 5.41) is 59.3. The minimum absolute atomic E-state index is 0.299. The van der Waals surface area contributed by atoms with Crippen molar-refractivity contribution >= 4 is 171 Å². The van der Waals surface area contributed by atoms with Crippen molar-refractivity contribution < 1.29 is 221 Å². The van der Waals surface area contributed by atoms with E-state index in [9.17, 15) is 38.4 Å². The summed E-state index contributed by atoms with van der Waals surface area (Å²) < 4.78 is 39.8. The van der Waals surface area contributed by atoms with Crippen LogP contribution in [-0.4, -0.2) is 230 Å². The fourth-order valence-electron chi connectivity index (χ4n) is 7.59. The van der Waals surface area contributed by atoms with Crippen LogP contribution >= 0.6 is 75.3 Å². The van der Waals surface area contributed by atoms with Gasteiger partial charge in [-0.25, -0.2) is 38.4 Å². The number of nitrogens with zero attached hydrogens (tertiary/aromatic N) is 8. The van der Waals surface area contributed by atoms with Gasteiger partial charge in [-0.2, -0.15) is 0 Å². The number of unbranched alkanes of at least 4 members (excludes halogenated alkanes) is 2. The van der Waals surface area contributed by atoms with Crippen LogP contribution < -0.4 is 0 Å². The molecule has 768 valence electrons. The third-order valence-electron chi connectivity index (χ3n) is 12.3. The van der Waals surface area contributed by atoms with Gasteiger partial charge in [-0.1, -0.05) is 40.5 Å². The van der Waals surface area contributed by atoms with Crippen LogP contribution in [0.25, 0.3) is 45.6 Å². The monoisotopic (exact) mass is 2800 g/mol. The Kier molecular flexibility index (Phi) is 98.7. The molecule has 0 aliphatic heterocycles. The van der Waals surface area contributed by atoms with Crippen molar-refractivity contribution in [1.29, 1.82) is 0 Å². The number of hydrogen-bond acceptors (Lipinski definition) is 32. The topological polar surface area (TPSA) is 612 Å². The number of ether oxygens (including phenoxy) is 8. The number of aliphatic carboxylic acids is 8. The molecule has 136 heavy (non-hydrogen) atoms. The van der Waals surface area contributed by atoms with Gasteiger partial charge in [0.05, 0.1) is 144 Å². The third-order valence-corrected chi connectivity index (χ3v) is 12.3. The summed E-state index contributed by atoms with van der Waals surface area (Å²) in [7, 11) is 41.6. The van der Waals surface area contributed by atoms with Gasteiger partial charge in [0.15, 0.2) is 0 Å². The van der Waals surface area contributed by atoms with E-state index < -0.39 is 161 Å². The molecule has 8 heterocycles. The van der Waals surface area contributed by atoms with E-state index in [0.717, 1.165) is 93.9 Å². The number of esters is 8. The van der Waals surface area contributed by atoms with Gasteiger partial charge in [-0.3, -0.25) is 78.2 Å². The van der Waals surface area contributed by atoms with Crippen LogP contribution in [0.1, 0.15) is 218 Å². The van der Waals surface area contributed by atoms with Crippen molar-refractivity contribution in [3.8, 4) is 45.6 Å². The zero-order valence-corrected chi connectivity index (χ0v) is 90.7. The molecule has 0 unspecified atom stereocenters. The molecule has 8 N–H and O–H groups in total. The van der Waals surface area contributed by atoms with Gasteiger partial charge >= 0.3 is 189 Å². The van der Waals surface area contributed by atoms with Gasteiger partial charge in [-0.15, -0.1) is 0 Å². The van der Waals surface area contributed by atoms with Gasteiger partial charge < -0.3 is 78.7 Å². The van der Waals surface area contributed by atoms with E-state index in [1.807, 2.05) is 27.7 Å². The summed E-state index contributed by atoms with van der Waals surface area (Å²) in [6.45, 7) is 22.2. The Morgan fingerprint density at radius 3 is 0.478 bits per heavy atom. The Hall–Kier alpha value is -10.2. The molecule has 0 aliphatic rings. The SMILES string of the molecule is CC(=O)O.CC(=O)O.CC(=O)O.CC(=O)O.CC(=O)O.CC(=O)O.CC(=O)O.CC(=O)O.CCCCOC(=O)c1ccnc(-c2cc(C(=O)OCCCC)ccn2)c1.CCCOC(=O)c1ccnc(-c2cc(C(=O)OCCC)ccn2)c1.CCOC(=O)c1ccnc(-c2cc(C(=O)OCC)ccn2)c1.COC(=O)c1ccnc(-c2cc(C(=O)OC)ccn2)c1.[Cl][Pt][Cl].[Cl][Pt][Cl].[Cl][Pt][Cl].[Cl][Pt][Cl]. The van der Waals surface area contributed by atoms with E-state index in [2.05, 4.69) is 49.3 Å². The summed E-state index contributed by atoms with van der Waals surface area (Å²) in [5.74, 6) is -10.0. The van der Waals surface area contributed by atoms with Gasteiger partial charge in [-0.05, 0) is 137 Å². The van der Waals surface area contributed by atoms with Crippen molar-refractivity contribution in [2.75, 3.05) is 53.9 Å². The number of pyridine rings is 8. The van der Waals surface area contributed by atoms with Crippen molar-refractivity contribution in [2.24, 2.45) is 0 Å². The molecule has 0 saturated heterocycles. The molecular weight excluding hydrogens is 2700 g/mol. The van der Waals surface area contributed by atoms with Crippen LogP contribution in [-0.2, 0) is 142 Å². The van der Waals surface area contributed by atoms with Crippen molar-refractivity contribution in [2.45, 2.75) is 135 Å². The Bertz CT molecular complexity index is 4410. The Labute approximate surface area is 850 Å². The molecule has 0 aromatic carbocycles. The fraction of sp³-hybridized carbons (Fsp3) is 0.333. The normalized spacial score (nSPS) is 9.00. The first-order chi connectivity index (χ1) is 64.1. The second-order valence-corrected chi connectivity index (χ2v) is 36.6. The number of methoxy groups -OCH3 is 2. The minimum atomic E-state index is -0.833. The summed E-state index contributed by atoms with van der Waals surface area (Å²) in [6, 6.07) is 25.3. The second kappa shape index (κ2) is 95.1. The van der Waals surface area contributed by atoms with Gasteiger partial charge in [0.25, 0.3) is 47.8 Å². The van der Waals surface area contributed by atoms with Crippen LogP contribution in [0.4, 0.5) is 0 Å². The van der Waals surface area contributed by atoms with Crippen molar-refractivity contribution in [3.63, 3.8) is 0 Å². The summed E-state index contributed by atoms with van der Waals surface area (Å²) in [4.78, 5) is 200. The predicted molar refractivity (Wildman–Crippen MR) is 489 cm³/mol. The van der Waals surface area contributed by atoms with Gasteiger partial charge in [0, 0.05) is 105 Å². The van der Waals surface area contributed by atoms with Crippen molar-refractivity contribution in [1.82, 2.24) is 39.9 Å². The van der Waals surface area contributed by atoms with Crippen LogP contribution in [0.5, 0.6) is 0 Å². The molecule has 52 heteroatoms. The maximum atomic E-state index is 12.1.